The molecule has 4 rings (SSSR count). The lowest BCUT2D eigenvalue weighted by Crippen LogP contribution is -2.49. The van der Waals surface area contributed by atoms with E-state index in [9.17, 15) is 4.79 Å². The van der Waals surface area contributed by atoms with Gasteiger partial charge in [0.15, 0.2) is 5.69 Å². The van der Waals surface area contributed by atoms with Gasteiger partial charge in [0.2, 0.25) is 0 Å². The number of rotatable bonds is 3. The summed E-state index contributed by atoms with van der Waals surface area (Å²) in [4.78, 5) is 21.1. The van der Waals surface area contributed by atoms with Crippen LogP contribution in [0.4, 0.5) is 5.82 Å². The van der Waals surface area contributed by atoms with Gasteiger partial charge < -0.3 is 9.80 Å². The predicted molar refractivity (Wildman–Crippen MR) is 101 cm³/mol. The normalized spacial score (nSPS) is 14.5. The van der Waals surface area contributed by atoms with Crippen molar-refractivity contribution in [3.63, 3.8) is 0 Å². The predicted octanol–water partition coefficient (Wildman–Crippen LogP) is 2.88. The van der Waals surface area contributed by atoms with Crippen molar-refractivity contribution < 1.29 is 4.79 Å². The van der Waals surface area contributed by atoms with Gasteiger partial charge in [-0.25, -0.2) is 9.67 Å². The van der Waals surface area contributed by atoms with Gasteiger partial charge in [-0.2, -0.15) is 5.10 Å². The summed E-state index contributed by atoms with van der Waals surface area (Å²) >= 11 is 6.20. The second-order valence-electron chi connectivity index (χ2n) is 6.06. The number of benzene rings is 1. The van der Waals surface area contributed by atoms with E-state index in [2.05, 4.69) is 15.0 Å². The van der Waals surface area contributed by atoms with Crippen LogP contribution in [-0.4, -0.2) is 51.8 Å². The van der Waals surface area contributed by atoms with E-state index in [1.54, 1.807) is 29.2 Å². The van der Waals surface area contributed by atoms with Crippen molar-refractivity contribution in [3.05, 3.63) is 71.6 Å². The molecule has 1 fully saturated rings. The number of amides is 1. The Labute approximate surface area is 156 Å². The Hall–Kier alpha value is -2.86. The van der Waals surface area contributed by atoms with Crippen LogP contribution in [0.25, 0.3) is 5.69 Å². The summed E-state index contributed by atoms with van der Waals surface area (Å²) in [5.74, 6) is 0.888. The Balaban J connectivity index is 1.44. The summed E-state index contributed by atoms with van der Waals surface area (Å²) in [6.45, 7) is 2.81. The standard InChI is InChI=1S/C19H18ClN5O/c20-15-5-1-2-6-17(15)25-10-8-16(22-25)19(26)24-13-11-23(12-14-24)18-7-3-4-9-21-18/h1-10H,11-14H2. The molecule has 1 saturated heterocycles. The van der Waals surface area contributed by atoms with Gasteiger partial charge in [-0.15, -0.1) is 0 Å². The number of nitrogens with zero attached hydrogens (tertiary/aromatic N) is 5. The highest BCUT2D eigenvalue weighted by Gasteiger charge is 2.24. The molecule has 0 bridgehead atoms. The third-order valence-electron chi connectivity index (χ3n) is 4.45. The van der Waals surface area contributed by atoms with Crippen LogP contribution in [-0.2, 0) is 0 Å². The third-order valence-corrected chi connectivity index (χ3v) is 4.77. The lowest BCUT2D eigenvalue weighted by Gasteiger charge is -2.35. The van der Waals surface area contributed by atoms with Crippen molar-refractivity contribution in [2.45, 2.75) is 0 Å². The number of hydrogen-bond donors (Lipinski definition) is 0. The van der Waals surface area contributed by atoms with Gasteiger partial charge >= 0.3 is 0 Å². The number of pyridine rings is 1. The highest BCUT2D eigenvalue weighted by atomic mass is 35.5. The van der Waals surface area contributed by atoms with Crippen LogP contribution in [0.15, 0.2) is 60.9 Å². The molecule has 1 amide bonds. The maximum absolute atomic E-state index is 12.8. The first-order valence-electron chi connectivity index (χ1n) is 8.48. The van der Waals surface area contributed by atoms with E-state index in [4.69, 9.17) is 11.6 Å². The lowest BCUT2D eigenvalue weighted by atomic mass is 10.2. The minimum Gasteiger partial charge on any atom is -0.353 e. The molecule has 0 atom stereocenters. The van der Waals surface area contributed by atoms with E-state index in [0.29, 0.717) is 23.8 Å². The highest BCUT2D eigenvalue weighted by molar-refractivity contribution is 6.32. The molecular weight excluding hydrogens is 350 g/mol. The molecule has 1 aliphatic rings. The van der Waals surface area contributed by atoms with Gasteiger partial charge in [0, 0.05) is 38.6 Å². The molecule has 3 heterocycles. The molecule has 1 aromatic carbocycles. The van der Waals surface area contributed by atoms with E-state index in [1.165, 1.54) is 0 Å². The molecule has 0 radical (unpaired) electrons. The summed E-state index contributed by atoms with van der Waals surface area (Å²) in [5, 5.41) is 5.00. The smallest absolute Gasteiger partial charge is 0.274 e. The molecule has 0 spiro atoms. The fourth-order valence-corrected chi connectivity index (χ4v) is 3.27. The molecule has 26 heavy (non-hydrogen) atoms. The van der Waals surface area contributed by atoms with E-state index < -0.39 is 0 Å². The van der Waals surface area contributed by atoms with Crippen molar-refractivity contribution in [1.82, 2.24) is 19.7 Å². The van der Waals surface area contributed by atoms with Crippen LogP contribution in [0, 0.1) is 0 Å². The highest BCUT2D eigenvalue weighted by Crippen LogP contribution is 2.20. The minimum atomic E-state index is -0.0588. The van der Waals surface area contributed by atoms with Gasteiger partial charge in [-0.3, -0.25) is 4.79 Å². The molecule has 132 valence electrons. The van der Waals surface area contributed by atoms with Crippen molar-refractivity contribution in [2.24, 2.45) is 0 Å². The fraction of sp³-hybridized carbons (Fsp3) is 0.211. The zero-order chi connectivity index (χ0) is 17.9. The van der Waals surface area contributed by atoms with E-state index >= 15 is 0 Å². The Kier molecular flexibility index (Phi) is 4.58. The van der Waals surface area contributed by atoms with Crippen molar-refractivity contribution in [3.8, 4) is 5.69 Å². The van der Waals surface area contributed by atoms with Crippen LogP contribution < -0.4 is 4.90 Å². The second kappa shape index (κ2) is 7.17. The molecule has 1 aliphatic heterocycles. The van der Waals surface area contributed by atoms with Crippen LogP contribution in [0.1, 0.15) is 10.5 Å². The average molecular weight is 368 g/mol. The van der Waals surface area contributed by atoms with Crippen molar-refractivity contribution in [2.75, 3.05) is 31.1 Å². The Bertz CT molecular complexity index is 903. The van der Waals surface area contributed by atoms with Gasteiger partial charge in [-0.05, 0) is 30.3 Å². The number of hydrogen-bond acceptors (Lipinski definition) is 4. The maximum Gasteiger partial charge on any atom is 0.274 e. The molecule has 0 saturated carbocycles. The van der Waals surface area contributed by atoms with Crippen LogP contribution in [0.2, 0.25) is 5.02 Å². The molecular formula is C19H18ClN5O. The zero-order valence-electron chi connectivity index (χ0n) is 14.1. The van der Waals surface area contributed by atoms with E-state index in [-0.39, 0.29) is 5.91 Å². The summed E-state index contributed by atoms with van der Waals surface area (Å²) < 4.78 is 1.64. The van der Waals surface area contributed by atoms with E-state index in [1.807, 2.05) is 41.3 Å². The molecule has 0 N–H and O–H groups in total. The molecule has 0 unspecified atom stereocenters. The van der Waals surface area contributed by atoms with Crippen LogP contribution >= 0.6 is 11.6 Å². The summed E-state index contributed by atoms with van der Waals surface area (Å²) in [5.41, 5.74) is 1.18. The Morgan fingerprint density at radius 3 is 2.46 bits per heavy atom. The first kappa shape index (κ1) is 16.6. The number of carbonyl (C=O) groups excluding carboxylic acids is 1. The van der Waals surface area contributed by atoms with Crippen LogP contribution in [0.5, 0.6) is 0 Å². The molecule has 2 aromatic heterocycles. The monoisotopic (exact) mass is 367 g/mol. The van der Waals surface area contributed by atoms with E-state index in [0.717, 1.165) is 24.6 Å². The third kappa shape index (κ3) is 3.28. The van der Waals surface area contributed by atoms with Gasteiger partial charge in [0.1, 0.15) is 5.82 Å². The molecule has 0 aliphatic carbocycles. The Morgan fingerprint density at radius 2 is 1.73 bits per heavy atom. The second-order valence-corrected chi connectivity index (χ2v) is 6.47. The summed E-state index contributed by atoms with van der Waals surface area (Å²) in [6.07, 6.45) is 3.55. The number of carbonyl (C=O) groups is 1. The molecule has 3 aromatic rings. The number of piperazine rings is 1. The number of anilines is 1. The largest absolute Gasteiger partial charge is 0.353 e. The fourth-order valence-electron chi connectivity index (χ4n) is 3.05. The van der Waals surface area contributed by atoms with Gasteiger partial charge in [-0.1, -0.05) is 29.8 Å². The number of aromatic nitrogens is 3. The lowest BCUT2D eigenvalue weighted by molar-refractivity contribution is 0.0740. The summed E-state index contributed by atoms with van der Waals surface area (Å²) in [6, 6.07) is 15.0. The van der Waals surface area contributed by atoms with Crippen molar-refractivity contribution >= 4 is 23.3 Å². The number of para-hydroxylation sites is 1. The van der Waals surface area contributed by atoms with Gasteiger partial charge in [0.25, 0.3) is 5.91 Å². The van der Waals surface area contributed by atoms with Gasteiger partial charge in [0.05, 0.1) is 10.7 Å². The van der Waals surface area contributed by atoms with Crippen LogP contribution in [0.3, 0.4) is 0 Å². The minimum absolute atomic E-state index is 0.0588. The molecule has 6 nitrogen and oxygen atoms in total. The first-order valence-corrected chi connectivity index (χ1v) is 8.86. The van der Waals surface area contributed by atoms with Crippen molar-refractivity contribution in [1.29, 1.82) is 0 Å². The molecule has 7 heteroatoms. The average Bonchev–Trinajstić information content (AvgIpc) is 3.18. The Morgan fingerprint density at radius 1 is 0.962 bits per heavy atom. The topological polar surface area (TPSA) is 54.3 Å². The first-order chi connectivity index (χ1) is 12.7. The number of halogens is 1. The maximum atomic E-state index is 12.8. The SMILES string of the molecule is O=C(c1ccn(-c2ccccc2Cl)n1)N1CCN(c2ccccn2)CC1. The zero-order valence-corrected chi connectivity index (χ0v) is 14.9. The quantitative estimate of drug-likeness (QED) is 0.714. The summed E-state index contributed by atoms with van der Waals surface area (Å²) in [7, 11) is 0.